The summed E-state index contributed by atoms with van der Waals surface area (Å²) >= 11 is 0. The minimum absolute atomic E-state index is 0.0555. The van der Waals surface area contributed by atoms with Crippen LogP contribution in [0.1, 0.15) is 36.5 Å². The molecule has 1 fully saturated rings. The Kier molecular flexibility index (Phi) is 8.09. The standard InChI is InChI=1S/C31H35NO6/c1-31(2)37-20-24(38-31)16-32(23(17-33)19-35-18-22-10-4-3-5-11-22)30(34)36-21-29-27-14-8-6-12-25(27)26-13-7-9-15-28(26)29/h3-15,23-24,29,33H,16-21H2,1-2H3/t23-,24+/m1/s1. The molecule has 7 nitrogen and oxygen atoms in total. The van der Waals surface area contributed by atoms with E-state index in [1.54, 1.807) is 0 Å². The van der Waals surface area contributed by atoms with Gasteiger partial charge in [-0.05, 0) is 41.7 Å². The van der Waals surface area contributed by atoms with Crippen LogP contribution in [-0.4, -0.2) is 67.0 Å². The van der Waals surface area contributed by atoms with Crippen LogP contribution in [0, 0.1) is 0 Å². The fourth-order valence-corrected chi connectivity index (χ4v) is 5.25. The van der Waals surface area contributed by atoms with E-state index >= 15 is 0 Å². The molecule has 200 valence electrons. The van der Waals surface area contributed by atoms with E-state index in [-0.39, 0.29) is 38.4 Å². The Morgan fingerprint density at radius 1 is 1.00 bits per heavy atom. The molecular formula is C31H35NO6. The van der Waals surface area contributed by atoms with Crippen LogP contribution < -0.4 is 0 Å². The molecule has 0 aromatic heterocycles. The molecular weight excluding hydrogens is 482 g/mol. The summed E-state index contributed by atoms with van der Waals surface area (Å²) < 4.78 is 23.5. The van der Waals surface area contributed by atoms with Crippen LogP contribution >= 0.6 is 0 Å². The minimum atomic E-state index is -0.726. The lowest BCUT2D eigenvalue weighted by molar-refractivity contribution is -0.141. The zero-order chi connectivity index (χ0) is 26.5. The maximum absolute atomic E-state index is 13.5. The Labute approximate surface area is 223 Å². The second-order valence-corrected chi connectivity index (χ2v) is 10.2. The molecule has 1 heterocycles. The van der Waals surface area contributed by atoms with Crippen LogP contribution in [0.5, 0.6) is 0 Å². The van der Waals surface area contributed by atoms with Crippen LogP contribution in [-0.2, 0) is 25.6 Å². The van der Waals surface area contributed by atoms with Gasteiger partial charge in [0.2, 0.25) is 0 Å². The zero-order valence-corrected chi connectivity index (χ0v) is 21.9. The number of carbonyl (C=O) groups excluding carboxylic acids is 1. The number of rotatable bonds is 10. The van der Waals surface area contributed by atoms with Crippen molar-refractivity contribution in [2.24, 2.45) is 0 Å². The van der Waals surface area contributed by atoms with Gasteiger partial charge in [0.15, 0.2) is 5.79 Å². The molecule has 2 aliphatic rings. The van der Waals surface area contributed by atoms with Crippen molar-refractivity contribution in [3.8, 4) is 11.1 Å². The van der Waals surface area contributed by atoms with Gasteiger partial charge in [-0.25, -0.2) is 4.79 Å². The third kappa shape index (κ3) is 5.92. The topological polar surface area (TPSA) is 77.5 Å². The third-order valence-corrected chi connectivity index (χ3v) is 7.11. The number of hydrogen-bond donors (Lipinski definition) is 1. The molecule has 1 aliphatic carbocycles. The molecule has 3 aromatic rings. The molecule has 3 aromatic carbocycles. The van der Waals surface area contributed by atoms with Crippen LogP contribution in [0.4, 0.5) is 4.79 Å². The van der Waals surface area contributed by atoms with E-state index in [0.29, 0.717) is 13.2 Å². The molecule has 1 aliphatic heterocycles. The van der Waals surface area contributed by atoms with Crippen molar-refractivity contribution in [1.82, 2.24) is 4.90 Å². The van der Waals surface area contributed by atoms with E-state index in [0.717, 1.165) is 16.7 Å². The first kappa shape index (κ1) is 26.4. The van der Waals surface area contributed by atoms with E-state index in [2.05, 4.69) is 24.3 Å². The molecule has 0 unspecified atom stereocenters. The van der Waals surface area contributed by atoms with E-state index < -0.39 is 17.9 Å². The lowest BCUT2D eigenvalue weighted by atomic mass is 9.98. The average molecular weight is 518 g/mol. The van der Waals surface area contributed by atoms with E-state index in [1.807, 2.05) is 68.4 Å². The molecule has 1 saturated heterocycles. The van der Waals surface area contributed by atoms with Crippen molar-refractivity contribution in [2.75, 3.05) is 33.0 Å². The number of fused-ring (bicyclic) bond motifs is 3. The number of nitrogens with zero attached hydrogens (tertiary/aromatic N) is 1. The number of aliphatic hydroxyl groups excluding tert-OH is 1. The highest BCUT2D eigenvalue weighted by molar-refractivity contribution is 5.79. The van der Waals surface area contributed by atoms with Gasteiger partial charge < -0.3 is 24.1 Å². The second kappa shape index (κ2) is 11.7. The van der Waals surface area contributed by atoms with Gasteiger partial charge in [0.05, 0.1) is 39.0 Å². The first-order valence-corrected chi connectivity index (χ1v) is 13.1. The second-order valence-electron chi connectivity index (χ2n) is 10.2. The van der Waals surface area contributed by atoms with Crippen molar-refractivity contribution >= 4 is 6.09 Å². The first-order chi connectivity index (χ1) is 18.4. The Morgan fingerprint density at radius 3 is 2.24 bits per heavy atom. The van der Waals surface area contributed by atoms with Crippen molar-refractivity contribution < 1.29 is 28.8 Å². The van der Waals surface area contributed by atoms with Crippen molar-refractivity contribution in [1.29, 1.82) is 0 Å². The van der Waals surface area contributed by atoms with Gasteiger partial charge in [-0.15, -0.1) is 0 Å². The third-order valence-electron chi connectivity index (χ3n) is 7.11. The zero-order valence-electron chi connectivity index (χ0n) is 21.9. The molecule has 1 N–H and O–H groups in total. The van der Waals surface area contributed by atoms with Crippen molar-refractivity contribution in [3.63, 3.8) is 0 Å². The van der Waals surface area contributed by atoms with Crippen LogP contribution in [0.15, 0.2) is 78.9 Å². The quantitative estimate of drug-likeness (QED) is 0.409. The van der Waals surface area contributed by atoms with Gasteiger partial charge in [-0.2, -0.15) is 0 Å². The predicted octanol–water partition coefficient (Wildman–Crippen LogP) is 4.97. The fourth-order valence-electron chi connectivity index (χ4n) is 5.25. The highest BCUT2D eigenvalue weighted by Crippen LogP contribution is 2.44. The van der Waals surface area contributed by atoms with E-state index in [9.17, 15) is 9.90 Å². The van der Waals surface area contributed by atoms with Gasteiger partial charge in [0, 0.05) is 5.92 Å². The number of benzene rings is 3. The number of carbonyl (C=O) groups is 1. The van der Waals surface area contributed by atoms with Crippen LogP contribution in [0.3, 0.4) is 0 Å². The molecule has 0 spiro atoms. The Morgan fingerprint density at radius 2 is 1.63 bits per heavy atom. The summed E-state index contributed by atoms with van der Waals surface area (Å²) in [4.78, 5) is 15.1. The first-order valence-electron chi connectivity index (χ1n) is 13.1. The fraction of sp³-hybridized carbons (Fsp3) is 0.387. The van der Waals surface area contributed by atoms with E-state index in [4.69, 9.17) is 18.9 Å². The molecule has 5 rings (SSSR count). The summed E-state index contributed by atoms with van der Waals surface area (Å²) in [5.74, 6) is -0.782. The average Bonchev–Trinajstić information content (AvgIpc) is 3.45. The predicted molar refractivity (Wildman–Crippen MR) is 144 cm³/mol. The molecule has 1 amide bonds. The van der Waals surface area contributed by atoms with Crippen LogP contribution in [0.2, 0.25) is 0 Å². The highest BCUT2D eigenvalue weighted by atomic mass is 16.7. The van der Waals surface area contributed by atoms with E-state index in [1.165, 1.54) is 16.0 Å². The van der Waals surface area contributed by atoms with Crippen molar-refractivity contribution in [2.45, 2.75) is 44.3 Å². The minimum Gasteiger partial charge on any atom is -0.448 e. The van der Waals surface area contributed by atoms with Gasteiger partial charge in [-0.1, -0.05) is 78.9 Å². The summed E-state index contributed by atoms with van der Waals surface area (Å²) in [5, 5.41) is 10.3. The SMILES string of the molecule is CC1(C)OC[C@H](CN(C(=O)OCC2c3ccccc3-c3ccccc32)[C@H](CO)COCc2ccccc2)O1. The molecule has 0 radical (unpaired) electrons. The number of aliphatic hydroxyl groups is 1. The molecule has 2 atom stereocenters. The number of amides is 1. The number of ether oxygens (including phenoxy) is 4. The van der Waals surface area contributed by atoms with Gasteiger partial charge in [-0.3, -0.25) is 4.90 Å². The maximum atomic E-state index is 13.5. The van der Waals surface area contributed by atoms with Crippen LogP contribution in [0.25, 0.3) is 11.1 Å². The summed E-state index contributed by atoms with van der Waals surface area (Å²) in [6, 6.07) is 25.7. The Bertz CT molecular complexity index is 1180. The largest absolute Gasteiger partial charge is 0.448 e. The lowest BCUT2D eigenvalue weighted by Crippen LogP contribution is -2.49. The van der Waals surface area contributed by atoms with Gasteiger partial charge >= 0.3 is 6.09 Å². The summed E-state index contributed by atoms with van der Waals surface area (Å²) in [6.45, 7) is 4.73. The number of hydrogen-bond acceptors (Lipinski definition) is 6. The highest BCUT2D eigenvalue weighted by Gasteiger charge is 2.37. The van der Waals surface area contributed by atoms with Crippen molar-refractivity contribution in [3.05, 3.63) is 95.6 Å². The summed E-state index contributed by atoms with van der Waals surface area (Å²) in [5.41, 5.74) is 5.65. The monoisotopic (exact) mass is 517 g/mol. The summed E-state index contributed by atoms with van der Waals surface area (Å²) in [7, 11) is 0. The van der Waals surface area contributed by atoms with Gasteiger partial charge in [0.25, 0.3) is 0 Å². The Hall–Kier alpha value is -3.23. The Balaban J connectivity index is 1.29. The normalized spacial score (nSPS) is 18.6. The molecule has 38 heavy (non-hydrogen) atoms. The maximum Gasteiger partial charge on any atom is 0.410 e. The van der Waals surface area contributed by atoms with Gasteiger partial charge in [0.1, 0.15) is 12.7 Å². The molecule has 0 bridgehead atoms. The summed E-state index contributed by atoms with van der Waals surface area (Å²) in [6.07, 6.45) is -0.851. The smallest absolute Gasteiger partial charge is 0.410 e. The lowest BCUT2D eigenvalue weighted by Gasteiger charge is -2.32. The molecule has 0 saturated carbocycles. The molecule has 7 heteroatoms.